The minimum absolute atomic E-state index is 0.0267. The Morgan fingerprint density at radius 3 is 2.90 bits per heavy atom. The molecule has 1 aliphatic heterocycles. The smallest absolute Gasteiger partial charge is 0.407 e. The number of nitrogens with zero attached hydrogens (tertiary/aromatic N) is 2. The summed E-state index contributed by atoms with van der Waals surface area (Å²) in [5, 5.41) is 14.4. The number of hydrogen-bond acceptors (Lipinski definition) is 5. The van der Waals surface area contributed by atoms with Crippen LogP contribution < -0.4 is 10.6 Å². The molecule has 7 heteroatoms. The highest BCUT2D eigenvalue weighted by Gasteiger charge is 2.21. The molecule has 0 aromatic heterocycles. The topological polar surface area (TPSA) is 86.5 Å². The van der Waals surface area contributed by atoms with Gasteiger partial charge in [0.25, 0.3) is 0 Å². The number of cyclic esters (lactones) is 1. The fraction of sp³-hybridized carbons (Fsp3) is 0.308. The van der Waals surface area contributed by atoms with Gasteiger partial charge < -0.3 is 10.1 Å². The van der Waals surface area contributed by atoms with E-state index in [0.717, 1.165) is 17.7 Å². The highest BCUT2D eigenvalue weighted by atomic mass is 32.2. The van der Waals surface area contributed by atoms with Crippen molar-refractivity contribution in [1.82, 2.24) is 10.6 Å². The van der Waals surface area contributed by atoms with Crippen LogP contribution in [0.2, 0.25) is 0 Å². The van der Waals surface area contributed by atoms with E-state index in [4.69, 9.17) is 10.00 Å². The number of carbonyl (C=O) groups is 1. The Hall–Kier alpha value is -2.20. The largest absolute Gasteiger partial charge is 0.447 e. The van der Waals surface area contributed by atoms with Crippen LogP contribution >= 0.6 is 11.8 Å². The molecule has 1 amide bonds. The third-order valence-electron chi connectivity index (χ3n) is 2.74. The summed E-state index contributed by atoms with van der Waals surface area (Å²) in [6.45, 7) is 0.404. The minimum Gasteiger partial charge on any atom is -0.447 e. The third-order valence-corrected chi connectivity index (χ3v) is 3.32. The molecule has 104 valence electrons. The maximum absolute atomic E-state index is 10.9. The second-order valence-corrected chi connectivity index (χ2v) is 4.96. The molecule has 2 N–H and O–H groups in total. The number of rotatable bonds is 3. The van der Waals surface area contributed by atoms with Crippen LogP contribution in [0.5, 0.6) is 0 Å². The number of carbonyl (C=O) groups excluding carboxylic acids is 1. The van der Waals surface area contributed by atoms with Crippen molar-refractivity contribution in [2.75, 3.05) is 12.9 Å². The molecule has 2 rings (SSSR count). The van der Waals surface area contributed by atoms with Crippen LogP contribution in [0.25, 0.3) is 0 Å². The molecular weight excluding hydrogens is 276 g/mol. The highest BCUT2D eigenvalue weighted by Crippen LogP contribution is 2.16. The monoisotopic (exact) mass is 290 g/mol. The fourth-order valence-electron chi connectivity index (χ4n) is 1.82. The zero-order chi connectivity index (χ0) is 14.4. The van der Waals surface area contributed by atoms with Gasteiger partial charge in [0.15, 0.2) is 11.4 Å². The molecule has 1 fully saturated rings. The van der Waals surface area contributed by atoms with Crippen LogP contribution in [0, 0.1) is 11.5 Å². The van der Waals surface area contributed by atoms with Gasteiger partial charge >= 0.3 is 6.09 Å². The molecule has 1 saturated heterocycles. The first-order chi connectivity index (χ1) is 9.71. The van der Waals surface area contributed by atoms with Gasteiger partial charge in [-0.3, -0.25) is 5.32 Å². The first-order valence-electron chi connectivity index (χ1n) is 6.01. The number of aliphatic imine (C=N–C) groups is 1. The van der Waals surface area contributed by atoms with Crippen molar-refractivity contribution in [3.05, 3.63) is 29.8 Å². The van der Waals surface area contributed by atoms with Gasteiger partial charge in [0.05, 0.1) is 11.7 Å². The molecule has 1 heterocycles. The predicted molar refractivity (Wildman–Crippen MR) is 77.8 cm³/mol. The van der Waals surface area contributed by atoms with Gasteiger partial charge in [-0.1, -0.05) is 23.9 Å². The lowest BCUT2D eigenvalue weighted by atomic mass is 10.1. The van der Waals surface area contributed by atoms with E-state index in [9.17, 15) is 4.79 Å². The third kappa shape index (κ3) is 3.90. The first kappa shape index (κ1) is 14.2. The number of benzene rings is 1. The fourth-order valence-corrected chi connectivity index (χ4v) is 2.16. The first-order valence-corrected chi connectivity index (χ1v) is 7.23. The van der Waals surface area contributed by atoms with Crippen LogP contribution in [-0.2, 0) is 11.2 Å². The van der Waals surface area contributed by atoms with Gasteiger partial charge in [-0.2, -0.15) is 5.26 Å². The molecule has 1 atom stereocenters. The molecule has 1 unspecified atom stereocenters. The second kappa shape index (κ2) is 6.82. The van der Waals surface area contributed by atoms with Crippen molar-refractivity contribution in [3.8, 4) is 6.19 Å². The lowest BCUT2D eigenvalue weighted by Crippen LogP contribution is -2.28. The summed E-state index contributed by atoms with van der Waals surface area (Å²) in [5.74, 6) is 0. The molecule has 0 saturated carbocycles. The SMILES string of the molecule is CSC(=Nc1ccc(CC2COC(=O)N2)cc1)NC#N. The average Bonchev–Trinajstić information content (AvgIpc) is 2.85. The lowest BCUT2D eigenvalue weighted by molar-refractivity contribution is 0.177. The number of nitrogens with one attached hydrogen (secondary N) is 2. The summed E-state index contributed by atoms with van der Waals surface area (Å²) in [4.78, 5) is 15.2. The van der Waals surface area contributed by atoms with Crippen LogP contribution in [-0.4, -0.2) is 30.2 Å². The van der Waals surface area contributed by atoms with E-state index >= 15 is 0 Å². The van der Waals surface area contributed by atoms with Crippen LogP contribution in [0.4, 0.5) is 10.5 Å². The van der Waals surface area contributed by atoms with E-state index < -0.39 is 0 Å². The Balaban J connectivity index is 1.99. The molecular formula is C13H14N4O2S. The van der Waals surface area contributed by atoms with Crippen LogP contribution in [0.3, 0.4) is 0 Å². The number of hydrogen-bond donors (Lipinski definition) is 2. The average molecular weight is 290 g/mol. The van der Waals surface area contributed by atoms with E-state index in [-0.39, 0.29) is 12.1 Å². The van der Waals surface area contributed by atoms with Crippen molar-refractivity contribution in [2.45, 2.75) is 12.5 Å². The Morgan fingerprint density at radius 2 is 2.35 bits per heavy atom. The predicted octanol–water partition coefficient (Wildman–Crippen LogP) is 1.76. The Labute approximate surface area is 121 Å². The van der Waals surface area contributed by atoms with E-state index in [1.54, 1.807) is 0 Å². The summed E-state index contributed by atoms with van der Waals surface area (Å²) in [6, 6.07) is 7.69. The molecule has 20 heavy (non-hydrogen) atoms. The zero-order valence-corrected chi connectivity index (χ0v) is 11.7. The van der Waals surface area contributed by atoms with Crippen molar-refractivity contribution < 1.29 is 9.53 Å². The number of amides is 1. The molecule has 1 aromatic rings. The number of alkyl carbamates (subject to hydrolysis) is 1. The molecule has 0 radical (unpaired) electrons. The summed E-state index contributed by atoms with van der Waals surface area (Å²) < 4.78 is 4.84. The maximum Gasteiger partial charge on any atom is 0.407 e. The molecule has 1 aromatic carbocycles. The summed E-state index contributed by atoms with van der Waals surface area (Å²) in [5.41, 5.74) is 1.87. The molecule has 0 bridgehead atoms. The second-order valence-electron chi connectivity index (χ2n) is 4.17. The van der Waals surface area contributed by atoms with Gasteiger partial charge in [-0.15, -0.1) is 0 Å². The summed E-state index contributed by atoms with van der Waals surface area (Å²) >= 11 is 1.37. The minimum atomic E-state index is -0.358. The van der Waals surface area contributed by atoms with Gasteiger partial charge in [0, 0.05) is 0 Å². The van der Waals surface area contributed by atoms with E-state index in [0.29, 0.717) is 11.8 Å². The number of nitriles is 1. The van der Waals surface area contributed by atoms with Gasteiger partial charge in [0.1, 0.15) is 6.61 Å². The summed E-state index contributed by atoms with van der Waals surface area (Å²) in [6.07, 6.45) is 4.06. The molecule has 0 spiro atoms. The zero-order valence-electron chi connectivity index (χ0n) is 10.9. The van der Waals surface area contributed by atoms with Crippen LogP contribution in [0.1, 0.15) is 5.56 Å². The van der Waals surface area contributed by atoms with E-state index in [2.05, 4.69) is 15.6 Å². The summed E-state index contributed by atoms with van der Waals surface area (Å²) in [7, 11) is 0. The van der Waals surface area contributed by atoms with Gasteiger partial charge in [-0.05, 0) is 30.4 Å². The van der Waals surface area contributed by atoms with Crippen molar-refractivity contribution in [1.29, 1.82) is 5.26 Å². The highest BCUT2D eigenvalue weighted by molar-refractivity contribution is 8.13. The maximum atomic E-state index is 10.9. The van der Waals surface area contributed by atoms with E-state index in [1.807, 2.05) is 36.7 Å². The standard InChI is InChI=1S/C13H14N4O2S/c1-20-12(15-8-14)16-10-4-2-9(3-5-10)6-11-7-19-13(18)17-11/h2-5,11H,6-7H2,1H3,(H,15,16)(H,17,18). The Bertz CT molecular complexity index is 550. The Kier molecular flexibility index (Phi) is 4.85. The number of amidine groups is 1. The quantitative estimate of drug-likeness (QED) is 0.383. The number of ether oxygens (including phenoxy) is 1. The van der Waals surface area contributed by atoms with Crippen molar-refractivity contribution >= 4 is 28.7 Å². The molecule has 6 nitrogen and oxygen atoms in total. The van der Waals surface area contributed by atoms with Crippen molar-refractivity contribution in [2.24, 2.45) is 4.99 Å². The lowest BCUT2D eigenvalue weighted by Gasteiger charge is -2.07. The van der Waals surface area contributed by atoms with Crippen molar-refractivity contribution in [3.63, 3.8) is 0 Å². The number of thioether (sulfide) groups is 1. The molecule has 0 aliphatic carbocycles. The Morgan fingerprint density at radius 1 is 1.60 bits per heavy atom. The van der Waals surface area contributed by atoms with E-state index in [1.165, 1.54) is 11.8 Å². The van der Waals surface area contributed by atoms with Crippen LogP contribution in [0.15, 0.2) is 29.3 Å². The van der Waals surface area contributed by atoms with Gasteiger partial charge in [0.2, 0.25) is 0 Å². The van der Waals surface area contributed by atoms with Gasteiger partial charge in [-0.25, -0.2) is 9.79 Å². The normalized spacial score (nSPS) is 18.1. The molecule has 1 aliphatic rings.